The van der Waals surface area contributed by atoms with Crippen molar-refractivity contribution in [3.05, 3.63) is 17.5 Å². The number of alkyl carbamates (subject to hydrolysis) is 1. The van der Waals surface area contributed by atoms with Crippen molar-refractivity contribution in [3.8, 4) is 0 Å². The van der Waals surface area contributed by atoms with Crippen molar-refractivity contribution in [2.45, 2.75) is 33.0 Å². The van der Waals surface area contributed by atoms with Crippen LogP contribution >= 0.6 is 11.8 Å². The van der Waals surface area contributed by atoms with Gasteiger partial charge in [0.05, 0.1) is 5.69 Å². The molecule has 1 aromatic heterocycles. The van der Waals surface area contributed by atoms with Crippen molar-refractivity contribution < 1.29 is 19.4 Å². The highest BCUT2D eigenvalue weighted by molar-refractivity contribution is 7.98. The third-order valence-corrected chi connectivity index (χ3v) is 3.27. The van der Waals surface area contributed by atoms with E-state index < -0.39 is 18.1 Å². The van der Waals surface area contributed by atoms with Crippen molar-refractivity contribution in [1.82, 2.24) is 15.1 Å². The smallest absolute Gasteiger partial charge is 0.409 e. The number of aliphatic carboxylic acids is 1. The van der Waals surface area contributed by atoms with Gasteiger partial charge in [0.15, 0.2) is 6.73 Å². The largest absolute Gasteiger partial charge is 0.480 e. The molecule has 20 heavy (non-hydrogen) atoms. The van der Waals surface area contributed by atoms with Crippen LogP contribution in [0.15, 0.2) is 6.07 Å². The van der Waals surface area contributed by atoms with Crippen molar-refractivity contribution in [3.63, 3.8) is 0 Å². The maximum absolute atomic E-state index is 11.6. The van der Waals surface area contributed by atoms with Gasteiger partial charge in [0.25, 0.3) is 0 Å². The lowest BCUT2D eigenvalue weighted by molar-refractivity contribution is -0.139. The average Bonchev–Trinajstić information content (AvgIpc) is 2.70. The number of amides is 1. The number of ether oxygens (including phenoxy) is 1. The summed E-state index contributed by atoms with van der Waals surface area (Å²) in [6.07, 6.45) is 1.47. The molecule has 7 nitrogen and oxygen atoms in total. The van der Waals surface area contributed by atoms with E-state index >= 15 is 0 Å². The van der Waals surface area contributed by atoms with Crippen LogP contribution in [0.1, 0.15) is 17.8 Å². The number of nitrogens with one attached hydrogen (secondary N) is 1. The Morgan fingerprint density at radius 1 is 1.55 bits per heavy atom. The molecule has 0 fully saturated rings. The van der Waals surface area contributed by atoms with Gasteiger partial charge in [0.1, 0.15) is 6.04 Å². The van der Waals surface area contributed by atoms with E-state index in [0.717, 1.165) is 11.4 Å². The van der Waals surface area contributed by atoms with Gasteiger partial charge >= 0.3 is 12.1 Å². The Morgan fingerprint density at radius 3 is 2.75 bits per heavy atom. The van der Waals surface area contributed by atoms with Gasteiger partial charge < -0.3 is 15.2 Å². The number of aryl methyl sites for hydroxylation is 2. The summed E-state index contributed by atoms with van der Waals surface area (Å²) >= 11 is 1.52. The Bertz CT molecular complexity index is 475. The van der Waals surface area contributed by atoms with E-state index in [0.29, 0.717) is 12.2 Å². The summed E-state index contributed by atoms with van der Waals surface area (Å²) in [6.45, 7) is 3.65. The fourth-order valence-electron chi connectivity index (χ4n) is 1.60. The number of hydrogen-bond donors (Lipinski definition) is 2. The van der Waals surface area contributed by atoms with Crippen LogP contribution in [-0.4, -0.2) is 45.0 Å². The lowest BCUT2D eigenvalue weighted by Crippen LogP contribution is -2.41. The first-order valence-electron chi connectivity index (χ1n) is 6.10. The minimum Gasteiger partial charge on any atom is -0.480 e. The van der Waals surface area contributed by atoms with Crippen LogP contribution in [0.4, 0.5) is 4.79 Å². The van der Waals surface area contributed by atoms with E-state index in [1.165, 1.54) is 16.4 Å². The summed E-state index contributed by atoms with van der Waals surface area (Å²) < 4.78 is 6.50. The van der Waals surface area contributed by atoms with Crippen molar-refractivity contribution in [1.29, 1.82) is 0 Å². The molecule has 2 N–H and O–H groups in total. The van der Waals surface area contributed by atoms with E-state index in [9.17, 15) is 9.59 Å². The van der Waals surface area contributed by atoms with Crippen LogP contribution in [0.25, 0.3) is 0 Å². The molecule has 0 radical (unpaired) electrons. The lowest BCUT2D eigenvalue weighted by Gasteiger charge is -2.14. The van der Waals surface area contributed by atoms with Crippen LogP contribution in [0.2, 0.25) is 0 Å². The van der Waals surface area contributed by atoms with Gasteiger partial charge in [-0.15, -0.1) is 0 Å². The van der Waals surface area contributed by atoms with E-state index in [1.807, 2.05) is 26.2 Å². The fourth-order valence-corrected chi connectivity index (χ4v) is 2.07. The molecule has 112 valence electrons. The number of thioether (sulfide) groups is 1. The van der Waals surface area contributed by atoms with Crippen LogP contribution in [0, 0.1) is 13.8 Å². The number of hydrogen-bond acceptors (Lipinski definition) is 5. The molecule has 0 aliphatic heterocycles. The summed E-state index contributed by atoms with van der Waals surface area (Å²) in [5.74, 6) is -0.420. The molecule has 0 bridgehead atoms. The van der Waals surface area contributed by atoms with E-state index in [4.69, 9.17) is 9.84 Å². The highest BCUT2D eigenvalue weighted by Crippen LogP contribution is 2.03. The molecule has 1 rings (SSSR count). The first-order chi connectivity index (χ1) is 9.43. The second-order valence-electron chi connectivity index (χ2n) is 4.30. The third-order valence-electron chi connectivity index (χ3n) is 2.62. The molecule has 1 amide bonds. The van der Waals surface area contributed by atoms with E-state index in [2.05, 4.69) is 10.4 Å². The number of nitrogens with zero attached hydrogens (tertiary/aromatic N) is 2. The summed E-state index contributed by atoms with van der Waals surface area (Å²) in [5.41, 5.74) is 1.70. The molecule has 1 unspecified atom stereocenters. The minimum atomic E-state index is -1.07. The standard InChI is InChI=1S/C12H19N3O4S/c1-8-6-9(2)15(14-8)7-19-12(18)13-10(11(16)17)4-5-20-3/h6,10H,4-5,7H2,1-3H3,(H,13,18)(H,16,17). The van der Waals surface area contributed by atoms with Crippen LogP contribution in [0.5, 0.6) is 0 Å². The third kappa shape index (κ3) is 5.12. The molecular formula is C12H19N3O4S. The van der Waals surface area contributed by atoms with Gasteiger partial charge in [-0.05, 0) is 38.3 Å². The van der Waals surface area contributed by atoms with Crippen LogP contribution in [-0.2, 0) is 16.3 Å². The molecule has 0 aromatic carbocycles. The molecule has 0 saturated heterocycles. The molecule has 0 saturated carbocycles. The highest BCUT2D eigenvalue weighted by Gasteiger charge is 2.20. The zero-order valence-electron chi connectivity index (χ0n) is 11.8. The SMILES string of the molecule is CSCCC(NC(=O)OCn1nc(C)cc1C)C(=O)O. The highest BCUT2D eigenvalue weighted by atomic mass is 32.2. The van der Waals surface area contributed by atoms with Crippen molar-refractivity contribution in [2.75, 3.05) is 12.0 Å². The van der Waals surface area contributed by atoms with Gasteiger partial charge in [-0.1, -0.05) is 0 Å². The Morgan fingerprint density at radius 2 is 2.25 bits per heavy atom. The van der Waals surface area contributed by atoms with Crippen LogP contribution in [0.3, 0.4) is 0 Å². The van der Waals surface area contributed by atoms with E-state index in [-0.39, 0.29) is 6.73 Å². The Balaban J connectivity index is 2.45. The second kappa shape index (κ2) is 7.78. The average molecular weight is 301 g/mol. The first kappa shape index (κ1) is 16.4. The first-order valence-corrected chi connectivity index (χ1v) is 7.49. The monoisotopic (exact) mass is 301 g/mol. The molecule has 1 heterocycles. The predicted octanol–water partition coefficient (Wildman–Crippen LogP) is 1.39. The number of carbonyl (C=O) groups is 2. The molecule has 0 aliphatic carbocycles. The number of carboxylic acids is 1. The number of rotatable bonds is 7. The summed E-state index contributed by atoms with van der Waals surface area (Å²) in [5, 5.41) is 15.5. The zero-order valence-corrected chi connectivity index (χ0v) is 12.6. The summed E-state index contributed by atoms with van der Waals surface area (Å²) in [6, 6.07) is 0.926. The Hall–Kier alpha value is -1.70. The molecule has 1 atom stereocenters. The quantitative estimate of drug-likeness (QED) is 0.790. The van der Waals surface area contributed by atoms with Crippen molar-refractivity contribution in [2.24, 2.45) is 0 Å². The lowest BCUT2D eigenvalue weighted by atomic mass is 10.2. The maximum Gasteiger partial charge on any atom is 0.409 e. The van der Waals surface area contributed by atoms with Gasteiger partial charge in [-0.2, -0.15) is 16.9 Å². The summed E-state index contributed by atoms with van der Waals surface area (Å²) in [7, 11) is 0. The zero-order chi connectivity index (χ0) is 15.1. The van der Waals surface area contributed by atoms with Gasteiger partial charge in [-0.3, -0.25) is 0 Å². The molecule has 0 spiro atoms. The Labute approximate surface area is 121 Å². The normalized spacial score (nSPS) is 11.9. The van der Waals surface area contributed by atoms with E-state index in [1.54, 1.807) is 0 Å². The van der Waals surface area contributed by atoms with Gasteiger partial charge in [0.2, 0.25) is 0 Å². The number of carbonyl (C=O) groups excluding carboxylic acids is 1. The molecule has 1 aromatic rings. The summed E-state index contributed by atoms with van der Waals surface area (Å²) in [4.78, 5) is 22.5. The number of carboxylic acid groups (broad SMARTS) is 1. The van der Waals surface area contributed by atoms with Gasteiger partial charge in [-0.25, -0.2) is 14.3 Å². The molecule has 8 heteroatoms. The van der Waals surface area contributed by atoms with Crippen molar-refractivity contribution >= 4 is 23.8 Å². The second-order valence-corrected chi connectivity index (χ2v) is 5.29. The van der Waals surface area contributed by atoms with Gasteiger partial charge in [0, 0.05) is 5.69 Å². The minimum absolute atomic E-state index is 0.0413. The molecular weight excluding hydrogens is 282 g/mol. The number of aromatic nitrogens is 2. The van der Waals surface area contributed by atoms with Crippen LogP contribution < -0.4 is 5.32 Å². The topological polar surface area (TPSA) is 93.5 Å². The maximum atomic E-state index is 11.6. The fraction of sp³-hybridized carbons (Fsp3) is 0.583. The Kier molecular flexibility index (Phi) is 6.37. The predicted molar refractivity (Wildman–Crippen MR) is 75.7 cm³/mol. The molecule has 0 aliphatic rings.